The van der Waals surface area contributed by atoms with Gasteiger partial charge < -0.3 is 19.9 Å². The zero-order valence-corrected chi connectivity index (χ0v) is 18.1. The van der Waals surface area contributed by atoms with Gasteiger partial charge in [-0.2, -0.15) is 0 Å². The average Bonchev–Trinajstić information content (AvgIpc) is 2.75. The number of nitrogens with one attached hydrogen (secondary N) is 1. The number of hydrogen-bond acceptors (Lipinski definition) is 8. The van der Waals surface area contributed by atoms with E-state index in [1.54, 1.807) is 0 Å². The average molecular weight is 467 g/mol. The highest BCUT2D eigenvalue weighted by molar-refractivity contribution is 7.90. The molecule has 10 nitrogen and oxygen atoms in total. The van der Waals surface area contributed by atoms with E-state index in [0.717, 1.165) is 18.4 Å². The zero-order valence-electron chi connectivity index (χ0n) is 17.3. The topological polar surface area (TPSA) is 137 Å². The van der Waals surface area contributed by atoms with Crippen molar-refractivity contribution in [3.05, 3.63) is 51.5 Å². The maximum absolute atomic E-state index is 13.5. The lowest BCUT2D eigenvalue weighted by Crippen LogP contribution is -2.48. The molecule has 0 radical (unpaired) electrons. The number of sulfone groups is 1. The van der Waals surface area contributed by atoms with Crippen molar-refractivity contribution in [3.63, 3.8) is 0 Å². The first-order valence-electron chi connectivity index (χ1n) is 9.95. The summed E-state index contributed by atoms with van der Waals surface area (Å²) < 4.78 is 50.0. The molecule has 12 heteroatoms. The summed E-state index contributed by atoms with van der Waals surface area (Å²) in [4.78, 5) is 29.6. The summed E-state index contributed by atoms with van der Waals surface area (Å²) in [7, 11) is -3.75. The Hall–Kier alpha value is -2.83. The lowest BCUT2D eigenvalue weighted by molar-refractivity contribution is -0.139. The highest BCUT2D eigenvalue weighted by Crippen LogP contribution is 2.37. The fourth-order valence-corrected chi connectivity index (χ4v) is 4.95. The van der Waals surface area contributed by atoms with Crippen molar-refractivity contribution in [1.82, 2.24) is 14.9 Å². The van der Waals surface area contributed by atoms with Crippen molar-refractivity contribution in [2.75, 3.05) is 26.1 Å². The zero-order chi connectivity index (χ0) is 23.1. The third kappa shape index (κ3) is 4.00. The van der Waals surface area contributed by atoms with Crippen LogP contribution in [0.4, 0.5) is 4.39 Å². The second kappa shape index (κ2) is 8.26. The molecule has 1 aromatic heterocycles. The molecule has 2 aromatic rings. The molecule has 0 bridgehead atoms. The van der Waals surface area contributed by atoms with Crippen LogP contribution in [-0.4, -0.2) is 55.1 Å². The molecule has 1 fully saturated rings. The first-order valence-corrected chi connectivity index (χ1v) is 11.8. The summed E-state index contributed by atoms with van der Waals surface area (Å²) in [5.74, 6) is -2.17. The number of nitrogens with zero attached hydrogens (tertiary/aromatic N) is 2. The van der Waals surface area contributed by atoms with Crippen molar-refractivity contribution < 1.29 is 32.2 Å². The Morgan fingerprint density at radius 2 is 2.03 bits per heavy atom. The van der Waals surface area contributed by atoms with Crippen LogP contribution in [0.15, 0.2) is 27.9 Å². The first kappa shape index (κ1) is 22.4. The predicted octanol–water partition coefficient (Wildman–Crippen LogP) is 0.457. The van der Waals surface area contributed by atoms with Crippen LogP contribution in [0.3, 0.4) is 0 Å². The van der Waals surface area contributed by atoms with Crippen molar-refractivity contribution >= 4 is 15.7 Å². The number of halogens is 1. The van der Waals surface area contributed by atoms with Crippen LogP contribution in [0, 0.1) is 5.82 Å². The number of benzene rings is 1. The predicted molar refractivity (Wildman–Crippen MR) is 109 cm³/mol. The summed E-state index contributed by atoms with van der Waals surface area (Å²) in [6.45, 7) is 0.968. The van der Waals surface area contributed by atoms with Gasteiger partial charge in [-0.3, -0.25) is 14.2 Å². The number of fused-ring (bicyclic) bond motifs is 2. The Kier molecular flexibility index (Phi) is 5.77. The summed E-state index contributed by atoms with van der Waals surface area (Å²) >= 11 is 0. The van der Waals surface area contributed by atoms with Gasteiger partial charge in [0.1, 0.15) is 17.2 Å². The van der Waals surface area contributed by atoms with E-state index in [0.29, 0.717) is 26.1 Å². The van der Waals surface area contributed by atoms with Crippen molar-refractivity contribution in [3.8, 4) is 5.75 Å². The highest BCUT2D eigenvalue weighted by Gasteiger charge is 2.43. The van der Waals surface area contributed by atoms with Gasteiger partial charge in [-0.05, 0) is 17.7 Å². The number of hydrogen-bond donors (Lipinski definition) is 2. The minimum atomic E-state index is -3.75. The van der Waals surface area contributed by atoms with Gasteiger partial charge in [0.15, 0.2) is 15.5 Å². The van der Waals surface area contributed by atoms with E-state index >= 15 is 0 Å². The maximum atomic E-state index is 13.5. The standard InChI is InChI=1S/C20H22FN3O7S/c1-32(28,29)14-10-13(21)3-2-12(14)11-22-17(26)15-16(25)18(27)24-6-9-31-20(19(24)23-15)4-7-30-8-5-20/h2-3,10,25H,4-9,11H2,1H3,(H,22,26). The molecule has 0 aliphatic carbocycles. The SMILES string of the molecule is CS(=O)(=O)c1cc(F)ccc1CNC(=O)c1nc2n(c(=O)c1O)CCOC21CCOCC1. The number of ether oxygens (including phenoxy) is 2. The van der Waals surface area contributed by atoms with Crippen LogP contribution in [0.1, 0.15) is 34.7 Å². The monoisotopic (exact) mass is 467 g/mol. The third-order valence-electron chi connectivity index (χ3n) is 5.63. The number of carbonyl (C=O) groups is 1. The van der Waals surface area contributed by atoms with E-state index in [-0.39, 0.29) is 36.0 Å². The molecule has 1 amide bonds. The number of aromatic nitrogens is 2. The molecular formula is C20H22FN3O7S. The van der Waals surface area contributed by atoms with Gasteiger partial charge in [-0.15, -0.1) is 0 Å². The van der Waals surface area contributed by atoms with E-state index in [2.05, 4.69) is 10.3 Å². The fraction of sp³-hybridized carbons (Fsp3) is 0.450. The molecule has 0 atom stereocenters. The number of carbonyl (C=O) groups excluding carboxylic acids is 1. The highest BCUT2D eigenvalue weighted by atomic mass is 32.2. The maximum Gasteiger partial charge on any atom is 0.296 e. The molecule has 1 saturated heterocycles. The molecule has 2 N–H and O–H groups in total. The summed E-state index contributed by atoms with van der Waals surface area (Å²) in [5.41, 5.74) is -1.98. The van der Waals surface area contributed by atoms with Crippen LogP contribution >= 0.6 is 0 Å². The normalized spacial score (nSPS) is 17.7. The van der Waals surface area contributed by atoms with Gasteiger partial charge in [0.2, 0.25) is 5.75 Å². The van der Waals surface area contributed by atoms with Crippen LogP contribution in [0.2, 0.25) is 0 Å². The van der Waals surface area contributed by atoms with Crippen LogP contribution in [0.25, 0.3) is 0 Å². The van der Waals surface area contributed by atoms with Gasteiger partial charge in [0.05, 0.1) is 18.0 Å². The molecule has 0 saturated carbocycles. The van der Waals surface area contributed by atoms with Gasteiger partial charge in [0.25, 0.3) is 11.5 Å². The second-order valence-electron chi connectivity index (χ2n) is 7.75. The minimum Gasteiger partial charge on any atom is -0.501 e. The summed E-state index contributed by atoms with van der Waals surface area (Å²) in [6.07, 6.45) is 1.81. The Morgan fingerprint density at radius 3 is 2.72 bits per heavy atom. The fourth-order valence-electron chi connectivity index (χ4n) is 4.00. The van der Waals surface area contributed by atoms with E-state index in [4.69, 9.17) is 9.47 Å². The Balaban J connectivity index is 1.67. The quantitative estimate of drug-likeness (QED) is 0.662. The molecular weight excluding hydrogens is 445 g/mol. The van der Waals surface area contributed by atoms with Gasteiger partial charge in [-0.1, -0.05) is 6.07 Å². The molecule has 3 heterocycles. The molecule has 1 spiro atoms. The van der Waals surface area contributed by atoms with Crippen LogP contribution < -0.4 is 10.9 Å². The first-order chi connectivity index (χ1) is 15.1. The van der Waals surface area contributed by atoms with E-state index < -0.39 is 44.2 Å². The van der Waals surface area contributed by atoms with Crippen molar-refractivity contribution in [1.29, 1.82) is 0 Å². The molecule has 32 heavy (non-hydrogen) atoms. The molecule has 0 unspecified atom stereocenters. The second-order valence-corrected chi connectivity index (χ2v) is 9.74. The van der Waals surface area contributed by atoms with Gasteiger partial charge in [-0.25, -0.2) is 17.8 Å². The number of aromatic hydroxyl groups is 1. The summed E-state index contributed by atoms with van der Waals surface area (Å²) in [5, 5.41) is 12.8. The number of amides is 1. The Bertz CT molecular complexity index is 1240. The third-order valence-corrected chi connectivity index (χ3v) is 6.81. The largest absolute Gasteiger partial charge is 0.501 e. The number of rotatable bonds is 4. The lowest BCUT2D eigenvalue weighted by Gasteiger charge is -2.40. The Labute approximate surface area is 182 Å². The smallest absolute Gasteiger partial charge is 0.296 e. The van der Waals surface area contributed by atoms with E-state index in [1.165, 1.54) is 10.6 Å². The van der Waals surface area contributed by atoms with Crippen LogP contribution in [0.5, 0.6) is 5.75 Å². The minimum absolute atomic E-state index is 0.153. The molecule has 172 valence electrons. The van der Waals surface area contributed by atoms with Crippen molar-refractivity contribution in [2.24, 2.45) is 0 Å². The van der Waals surface area contributed by atoms with Crippen LogP contribution in [-0.2, 0) is 38.0 Å². The molecule has 2 aliphatic heterocycles. The van der Waals surface area contributed by atoms with E-state index in [1.807, 2.05) is 0 Å². The molecule has 1 aromatic carbocycles. The van der Waals surface area contributed by atoms with Gasteiger partial charge >= 0.3 is 0 Å². The Morgan fingerprint density at radius 1 is 1.31 bits per heavy atom. The van der Waals surface area contributed by atoms with Gasteiger partial charge in [0, 0.05) is 38.9 Å². The van der Waals surface area contributed by atoms with E-state index in [9.17, 15) is 27.5 Å². The van der Waals surface area contributed by atoms with Crippen molar-refractivity contribution in [2.45, 2.75) is 36.4 Å². The lowest BCUT2D eigenvalue weighted by atomic mass is 9.91. The summed E-state index contributed by atoms with van der Waals surface area (Å²) in [6, 6.07) is 3.18. The molecule has 4 rings (SSSR count). The molecule has 2 aliphatic rings.